The van der Waals surface area contributed by atoms with Gasteiger partial charge in [-0.25, -0.2) is 4.79 Å². The number of carbonyl (C=O) groups excluding carboxylic acids is 2. The van der Waals surface area contributed by atoms with E-state index in [1.807, 2.05) is 83.8 Å². The van der Waals surface area contributed by atoms with E-state index in [0.29, 0.717) is 5.69 Å². The summed E-state index contributed by atoms with van der Waals surface area (Å²) in [6.07, 6.45) is 4.51. The van der Waals surface area contributed by atoms with E-state index in [4.69, 9.17) is 0 Å². The molecular weight excluding hydrogens is 516 g/mol. The minimum absolute atomic E-state index is 0.101. The van der Waals surface area contributed by atoms with Crippen LogP contribution in [0.25, 0.3) is 11.1 Å². The topological polar surface area (TPSA) is 112 Å². The highest BCUT2D eigenvalue weighted by Gasteiger charge is 2.32. The fourth-order valence-corrected chi connectivity index (χ4v) is 5.38. The number of nitrogens with one attached hydrogen (secondary N) is 2. The molecule has 0 bridgehead atoms. The Kier molecular flexibility index (Phi) is 8.69. The zero-order valence-corrected chi connectivity index (χ0v) is 22.6. The van der Waals surface area contributed by atoms with Crippen molar-refractivity contribution >= 4 is 23.6 Å². The van der Waals surface area contributed by atoms with Crippen LogP contribution in [0.3, 0.4) is 0 Å². The number of nitrogens with zero attached hydrogens (tertiary/aromatic N) is 2. The summed E-state index contributed by atoms with van der Waals surface area (Å²) in [5.41, 5.74) is 4.80. The number of hydrogen-bond acceptors (Lipinski definition) is 4. The first-order chi connectivity index (χ1) is 20.0. The molecule has 1 aromatic heterocycles. The van der Waals surface area contributed by atoms with Gasteiger partial charge in [-0.05, 0) is 58.9 Å². The van der Waals surface area contributed by atoms with Crippen molar-refractivity contribution in [3.8, 4) is 11.1 Å². The Hall–Kier alpha value is -4.98. The van der Waals surface area contributed by atoms with E-state index in [0.717, 1.165) is 53.7 Å². The number of likely N-dealkylation sites (tertiary alicyclic amines) is 1. The maximum atomic E-state index is 13.6. The van der Waals surface area contributed by atoms with Crippen molar-refractivity contribution in [2.75, 3.05) is 18.4 Å². The lowest BCUT2D eigenvalue weighted by atomic mass is 9.84. The Balaban J connectivity index is 1.37. The fourth-order valence-electron chi connectivity index (χ4n) is 5.38. The van der Waals surface area contributed by atoms with E-state index < -0.39 is 24.0 Å². The monoisotopic (exact) mass is 548 g/mol. The Bertz CT molecular complexity index is 1450. The van der Waals surface area contributed by atoms with E-state index in [2.05, 4.69) is 15.6 Å². The second kappa shape index (κ2) is 12.9. The molecule has 8 heteroatoms. The van der Waals surface area contributed by atoms with Crippen LogP contribution < -0.4 is 10.6 Å². The molecule has 3 aromatic carbocycles. The van der Waals surface area contributed by atoms with Crippen molar-refractivity contribution in [2.24, 2.45) is 0 Å². The molecule has 1 saturated heterocycles. The molecule has 0 spiro atoms. The zero-order valence-electron chi connectivity index (χ0n) is 22.6. The normalized spacial score (nSPS) is 13.5. The summed E-state index contributed by atoms with van der Waals surface area (Å²) in [5, 5.41) is 15.0. The summed E-state index contributed by atoms with van der Waals surface area (Å²) in [6.45, 7) is 1.60. The molecule has 8 nitrogen and oxygen atoms in total. The number of aromatic nitrogens is 1. The highest BCUT2D eigenvalue weighted by Crippen LogP contribution is 2.30. The van der Waals surface area contributed by atoms with E-state index >= 15 is 0 Å². The predicted molar refractivity (Wildman–Crippen MR) is 157 cm³/mol. The number of amides is 3. The first-order valence-electron chi connectivity index (χ1n) is 13.7. The van der Waals surface area contributed by atoms with Crippen molar-refractivity contribution < 1.29 is 19.5 Å². The predicted octanol–water partition coefficient (Wildman–Crippen LogP) is 5.32. The third-order valence-corrected chi connectivity index (χ3v) is 7.38. The van der Waals surface area contributed by atoms with E-state index in [9.17, 15) is 19.5 Å². The average Bonchev–Trinajstić information content (AvgIpc) is 3.54. The minimum atomic E-state index is -1.29. The average molecular weight is 549 g/mol. The molecule has 1 aliphatic rings. The van der Waals surface area contributed by atoms with Gasteiger partial charge in [-0.2, -0.15) is 0 Å². The summed E-state index contributed by atoms with van der Waals surface area (Å²) in [6, 6.07) is 26.9. The number of hydrogen-bond donors (Lipinski definition) is 3. The summed E-state index contributed by atoms with van der Waals surface area (Å²) in [4.78, 5) is 44.3. The second-order valence-corrected chi connectivity index (χ2v) is 10.1. The van der Waals surface area contributed by atoms with Crippen molar-refractivity contribution in [3.63, 3.8) is 0 Å². The van der Waals surface area contributed by atoms with Gasteiger partial charge in [0.1, 0.15) is 6.04 Å². The molecule has 4 aromatic rings. The van der Waals surface area contributed by atoms with Crippen LogP contribution in [0.4, 0.5) is 10.5 Å². The molecule has 41 heavy (non-hydrogen) atoms. The van der Waals surface area contributed by atoms with Crippen molar-refractivity contribution in [3.05, 3.63) is 120 Å². The van der Waals surface area contributed by atoms with Gasteiger partial charge < -0.3 is 20.6 Å². The smallest absolute Gasteiger partial charge is 0.405 e. The Morgan fingerprint density at radius 1 is 0.829 bits per heavy atom. The van der Waals surface area contributed by atoms with Gasteiger partial charge in [0.2, 0.25) is 11.8 Å². The van der Waals surface area contributed by atoms with E-state index in [1.165, 1.54) is 0 Å². The highest BCUT2D eigenvalue weighted by molar-refractivity contribution is 5.98. The Morgan fingerprint density at radius 2 is 1.44 bits per heavy atom. The summed E-state index contributed by atoms with van der Waals surface area (Å²) < 4.78 is 0. The molecular formula is C33H32N4O4. The quantitative estimate of drug-likeness (QED) is 0.262. The molecule has 0 radical (unpaired) electrons. The number of carboxylic acid groups (broad SMARTS) is 1. The van der Waals surface area contributed by atoms with E-state index in [-0.39, 0.29) is 12.3 Å². The number of benzene rings is 3. The molecule has 3 amide bonds. The maximum absolute atomic E-state index is 13.6. The molecule has 3 N–H and O–H groups in total. The van der Waals surface area contributed by atoms with Crippen LogP contribution in [0.5, 0.6) is 0 Å². The minimum Gasteiger partial charge on any atom is -0.465 e. The first-order valence-corrected chi connectivity index (χ1v) is 13.7. The van der Waals surface area contributed by atoms with Gasteiger partial charge in [0.15, 0.2) is 0 Å². The molecule has 1 atom stereocenters. The summed E-state index contributed by atoms with van der Waals surface area (Å²) >= 11 is 0. The van der Waals surface area contributed by atoms with Gasteiger partial charge in [-0.15, -0.1) is 0 Å². The van der Waals surface area contributed by atoms with Crippen LogP contribution in [-0.4, -0.2) is 52.0 Å². The number of anilines is 1. The second-order valence-electron chi connectivity index (χ2n) is 10.1. The molecule has 1 unspecified atom stereocenters. The third-order valence-electron chi connectivity index (χ3n) is 7.38. The van der Waals surface area contributed by atoms with Crippen LogP contribution in [0.2, 0.25) is 0 Å². The van der Waals surface area contributed by atoms with Crippen LogP contribution >= 0.6 is 0 Å². The van der Waals surface area contributed by atoms with Crippen molar-refractivity contribution in [1.82, 2.24) is 15.2 Å². The Labute approximate surface area is 239 Å². The number of carbonyl (C=O) groups is 3. The van der Waals surface area contributed by atoms with Gasteiger partial charge >= 0.3 is 6.09 Å². The summed E-state index contributed by atoms with van der Waals surface area (Å²) in [7, 11) is 0. The van der Waals surface area contributed by atoms with Crippen LogP contribution in [0, 0.1) is 0 Å². The zero-order chi connectivity index (χ0) is 28.6. The van der Waals surface area contributed by atoms with Gasteiger partial charge in [0.05, 0.1) is 6.42 Å². The van der Waals surface area contributed by atoms with Gasteiger partial charge in [0, 0.05) is 37.1 Å². The number of rotatable bonds is 9. The van der Waals surface area contributed by atoms with Crippen LogP contribution in [-0.2, 0) is 16.0 Å². The highest BCUT2D eigenvalue weighted by atomic mass is 16.4. The largest absolute Gasteiger partial charge is 0.465 e. The van der Waals surface area contributed by atoms with Crippen molar-refractivity contribution in [2.45, 2.75) is 31.2 Å². The van der Waals surface area contributed by atoms with Gasteiger partial charge in [-0.3, -0.25) is 14.6 Å². The molecule has 0 aliphatic carbocycles. The molecule has 1 fully saturated rings. The van der Waals surface area contributed by atoms with Gasteiger partial charge in [-0.1, -0.05) is 72.8 Å². The molecule has 5 rings (SSSR count). The standard InChI is InChI=1S/C33H32N4O4/c38-29(37-19-7-8-20-37)21-26-22-34-18-17-28(26)23-13-15-27(16-14-23)35-32(39)31(36-33(40)41)30(24-9-3-1-4-10-24)25-11-5-2-6-12-25/h1-6,9-18,22,30-31,36H,7-8,19-21H2,(H,35,39)(H,40,41). The van der Waals surface area contributed by atoms with Crippen LogP contribution in [0.15, 0.2) is 103 Å². The lowest BCUT2D eigenvalue weighted by molar-refractivity contribution is -0.129. The fraction of sp³-hybridized carbons (Fsp3) is 0.212. The number of pyridine rings is 1. The third kappa shape index (κ3) is 6.78. The molecule has 0 saturated carbocycles. The van der Waals surface area contributed by atoms with E-state index in [1.54, 1.807) is 24.5 Å². The Morgan fingerprint density at radius 3 is 2.02 bits per heavy atom. The molecule has 2 heterocycles. The SMILES string of the molecule is O=C(O)NC(C(=O)Nc1ccc(-c2ccncc2CC(=O)N2CCCC2)cc1)C(c1ccccc1)c1ccccc1. The molecule has 1 aliphatic heterocycles. The molecule has 208 valence electrons. The van der Waals surface area contributed by atoms with Gasteiger partial charge in [0.25, 0.3) is 0 Å². The first kappa shape index (κ1) is 27.6. The van der Waals surface area contributed by atoms with Crippen molar-refractivity contribution in [1.29, 1.82) is 0 Å². The maximum Gasteiger partial charge on any atom is 0.405 e. The van der Waals surface area contributed by atoms with Crippen LogP contribution in [0.1, 0.15) is 35.4 Å². The lowest BCUT2D eigenvalue weighted by Gasteiger charge is -2.27. The summed E-state index contributed by atoms with van der Waals surface area (Å²) in [5.74, 6) is -0.914. The lowest BCUT2D eigenvalue weighted by Crippen LogP contribution is -2.47.